The Bertz CT molecular complexity index is 447. The third kappa shape index (κ3) is 5.52. The molecule has 152 valence electrons. The van der Waals surface area contributed by atoms with Gasteiger partial charge in [-0.15, -0.1) is 0 Å². The molecule has 4 atom stereocenters. The molecule has 2 rings (SSSR count). The van der Waals surface area contributed by atoms with Crippen molar-refractivity contribution in [3.05, 3.63) is 11.3 Å². The Morgan fingerprint density at radius 3 is 2.27 bits per heavy atom. The summed E-state index contributed by atoms with van der Waals surface area (Å²) in [5.74, 6) is 4.30. The SMILES string of the molecule is CCCCC1C[C@@H](CCC(C)C)C2=C(CC(CCCC(C)C)C2C)N1C. The van der Waals surface area contributed by atoms with Crippen molar-refractivity contribution in [2.45, 2.75) is 112 Å². The summed E-state index contributed by atoms with van der Waals surface area (Å²) < 4.78 is 0. The second-order valence-corrected chi connectivity index (χ2v) is 10.3. The fourth-order valence-electron chi connectivity index (χ4n) is 5.55. The van der Waals surface area contributed by atoms with Crippen LogP contribution in [-0.4, -0.2) is 18.0 Å². The topological polar surface area (TPSA) is 3.24 Å². The van der Waals surface area contributed by atoms with Gasteiger partial charge in [0.2, 0.25) is 0 Å². The molecule has 0 radical (unpaired) electrons. The van der Waals surface area contributed by atoms with Crippen LogP contribution in [0, 0.1) is 29.6 Å². The summed E-state index contributed by atoms with van der Waals surface area (Å²) in [4.78, 5) is 2.73. The van der Waals surface area contributed by atoms with E-state index in [9.17, 15) is 0 Å². The van der Waals surface area contributed by atoms with E-state index >= 15 is 0 Å². The van der Waals surface area contributed by atoms with Gasteiger partial charge < -0.3 is 4.90 Å². The van der Waals surface area contributed by atoms with Crippen molar-refractivity contribution in [1.82, 2.24) is 4.90 Å². The van der Waals surface area contributed by atoms with Crippen molar-refractivity contribution in [1.29, 1.82) is 0 Å². The van der Waals surface area contributed by atoms with Crippen LogP contribution in [0.15, 0.2) is 11.3 Å². The van der Waals surface area contributed by atoms with Gasteiger partial charge in [-0.05, 0) is 67.3 Å². The molecule has 1 aliphatic carbocycles. The summed E-state index contributed by atoms with van der Waals surface area (Å²) in [6.07, 6.45) is 14.0. The second kappa shape index (κ2) is 10.2. The lowest BCUT2D eigenvalue weighted by Crippen LogP contribution is -2.38. The fraction of sp³-hybridized carbons (Fsp3) is 0.920. The number of allylic oxidation sites excluding steroid dienone is 2. The Labute approximate surface area is 165 Å². The van der Waals surface area contributed by atoms with Crippen molar-refractivity contribution in [3.8, 4) is 0 Å². The molecule has 0 aromatic carbocycles. The molecule has 2 aliphatic rings. The molecule has 0 N–H and O–H groups in total. The minimum atomic E-state index is 0.799. The third-order valence-electron chi connectivity index (χ3n) is 7.30. The minimum absolute atomic E-state index is 0.799. The maximum absolute atomic E-state index is 2.73. The van der Waals surface area contributed by atoms with Crippen molar-refractivity contribution in [2.75, 3.05) is 7.05 Å². The fourth-order valence-corrected chi connectivity index (χ4v) is 5.55. The molecule has 0 aromatic rings. The van der Waals surface area contributed by atoms with E-state index in [0.717, 1.165) is 35.6 Å². The van der Waals surface area contributed by atoms with E-state index in [1.165, 1.54) is 64.2 Å². The van der Waals surface area contributed by atoms with Gasteiger partial charge in [-0.1, -0.05) is 73.6 Å². The highest BCUT2D eigenvalue weighted by Crippen LogP contribution is 2.50. The van der Waals surface area contributed by atoms with Crippen molar-refractivity contribution < 1.29 is 0 Å². The van der Waals surface area contributed by atoms with Gasteiger partial charge >= 0.3 is 0 Å². The van der Waals surface area contributed by atoms with Gasteiger partial charge in [-0.25, -0.2) is 0 Å². The first kappa shape index (κ1) is 21.8. The zero-order valence-corrected chi connectivity index (χ0v) is 19.0. The number of hydrogen-bond donors (Lipinski definition) is 0. The van der Waals surface area contributed by atoms with Crippen LogP contribution in [-0.2, 0) is 0 Å². The van der Waals surface area contributed by atoms with Crippen LogP contribution < -0.4 is 0 Å². The first-order chi connectivity index (χ1) is 12.3. The van der Waals surface area contributed by atoms with E-state index in [1.54, 1.807) is 5.70 Å². The van der Waals surface area contributed by atoms with E-state index in [1.807, 2.05) is 5.57 Å². The molecule has 1 nitrogen and oxygen atoms in total. The second-order valence-electron chi connectivity index (χ2n) is 10.3. The quantitative estimate of drug-likeness (QED) is 0.386. The van der Waals surface area contributed by atoms with E-state index < -0.39 is 0 Å². The van der Waals surface area contributed by atoms with Crippen molar-refractivity contribution in [2.24, 2.45) is 29.6 Å². The van der Waals surface area contributed by atoms with Gasteiger partial charge in [0, 0.05) is 18.8 Å². The van der Waals surface area contributed by atoms with E-state index in [-0.39, 0.29) is 0 Å². The monoisotopic (exact) mass is 361 g/mol. The predicted molar refractivity (Wildman–Crippen MR) is 116 cm³/mol. The summed E-state index contributed by atoms with van der Waals surface area (Å²) in [6.45, 7) is 14.4. The smallest absolute Gasteiger partial charge is 0.0289 e. The summed E-state index contributed by atoms with van der Waals surface area (Å²) in [6, 6.07) is 0.799. The lowest BCUT2D eigenvalue weighted by molar-refractivity contribution is 0.204. The lowest BCUT2D eigenvalue weighted by atomic mass is 9.76. The largest absolute Gasteiger partial charge is 0.375 e. The standard InChI is InChI=1S/C25H47N/c1-8-9-13-23-16-22(15-14-19(4)5)25-20(6)21(12-10-11-18(2)3)17-24(25)26(23)7/h18-23H,8-17H2,1-7H3/t20?,21?,22-,23?/m1/s1. The van der Waals surface area contributed by atoms with Gasteiger partial charge in [0.25, 0.3) is 0 Å². The van der Waals surface area contributed by atoms with Gasteiger partial charge in [-0.3, -0.25) is 0 Å². The van der Waals surface area contributed by atoms with E-state index in [0.29, 0.717) is 0 Å². The molecule has 0 amide bonds. The van der Waals surface area contributed by atoms with Gasteiger partial charge in [0.15, 0.2) is 0 Å². The molecule has 3 unspecified atom stereocenters. The molecule has 1 aliphatic heterocycles. The molecule has 0 aromatic heterocycles. The lowest BCUT2D eigenvalue weighted by Gasteiger charge is -2.41. The molecule has 0 saturated carbocycles. The average molecular weight is 362 g/mol. The maximum atomic E-state index is 2.73. The number of nitrogens with zero attached hydrogens (tertiary/aromatic N) is 1. The summed E-state index contributed by atoms with van der Waals surface area (Å²) in [7, 11) is 2.41. The Kier molecular flexibility index (Phi) is 8.55. The maximum Gasteiger partial charge on any atom is 0.0289 e. The molecule has 26 heavy (non-hydrogen) atoms. The van der Waals surface area contributed by atoms with Crippen molar-refractivity contribution in [3.63, 3.8) is 0 Å². The van der Waals surface area contributed by atoms with Crippen LogP contribution in [0.2, 0.25) is 0 Å². The van der Waals surface area contributed by atoms with Crippen LogP contribution in [0.25, 0.3) is 0 Å². The predicted octanol–water partition coefficient (Wildman–Crippen LogP) is 7.67. The number of rotatable bonds is 10. The first-order valence-corrected chi connectivity index (χ1v) is 11.8. The van der Waals surface area contributed by atoms with Crippen molar-refractivity contribution >= 4 is 0 Å². The molecular weight excluding hydrogens is 314 g/mol. The zero-order chi connectivity index (χ0) is 19.3. The zero-order valence-electron chi connectivity index (χ0n) is 19.0. The molecule has 0 saturated heterocycles. The molecular formula is C25H47N. The van der Waals surface area contributed by atoms with E-state index in [4.69, 9.17) is 0 Å². The highest BCUT2D eigenvalue weighted by Gasteiger charge is 2.41. The van der Waals surface area contributed by atoms with E-state index in [2.05, 4.69) is 53.5 Å². The van der Waals surface area contributed by atoms with Gasteiger partial charge in [0.1, 0.15) is 0 Å². The Morgan fingerprint density at radius 1 is 0.962 bits per heavy atom. The Hall–Kier alpha value is -0.460. The number of hydrogen-bond acceptors (Lipinski definition) is 1. The molecule has 0 spiro atoms. The Balaban J connectivity index is 2.10. The minimum Gasteiger partial charge on any atom is -0.375 e. The normalized spacial score (nSPS) is 29.2. The highest BCUT2D eigenvalue weighted by atomic mass is 15.2. The summed E-state index contributed by atoms with van der Waals surface area (Å²) in [5, 5.41) is 0. The van der Waals surface area contributed by atoms with Crippen LogP contribution in [0.5, 0.6) is 0 Å². The summed E-state index contributed by atoms with van der Waals surface area (Å²) in [5.41, 5.74) is 3.66. The first-order valence-electron chi connectivity index (χ1n) is 11.8. The molecule has 0 bridgehead atoms. The molecule has 1 heteroatoms. The molecule has 1 heterocycles. The van der Waals surface area contributed by atoms with Crippen LogP contribution in [0.1, 0.15) is 106 Å². The Morgan fingerprint density at radius 2 is 1.65 bits per heavy atom. The van der Waals surface area contributed by atoms with Gasteiger partial charge in [0.05, 0.1) is 0 Å². The molecule has 0 fully saturated rings. The van der Waals surface area contributed by atoms with Crippen LogP contribution in [0.4, 0.5) is 0 Å². The number of unbranched alkanes of at least 4 members (excludes halogenated alkanes) is 1. The average Bonchev–Trinajstić information content (AvgIpc) is 2.90. The van der Waals surface area contributed by atoms with Crippen LogP contribution >= 0.6 is 0 Å². The highest BCUT2D eigenvalue weighted by molar-refractivity contribution is 5.29. The van der Waals surface area contributed by atoms with Crippen LogP contribution in [0.3, 0.4) is 0 Å². The third-order valence-corrected chi connectivity index (χ3v) is 7.30. The van der Waals surface area contributed by atoms with Gasteiger partial charge in [-0.2, -0.15) is 0 Å². The summed E-state index contributed by atoms with van der Waals surface area (Å²) >= 11 is 0.